The average molecular weight is 522 g/mol. The number of allylic oxidation sites excluding steroid dienone is 3. The van der Waals surface area contributed by atoms with Crippen molar-refractivity contribution < 1.29 is 15.0 Å². The SMILES string of the molecule is CCC/C=C/CC/C=C/C(O)C(CO)NC(=O)CCCCCCCCCCCCCCCCCCCC. The average Bonchev–Trinajstić information content (AvgIpc) is 2.90. The highest BCUT2D eigenvalue weighted by Gasteiger charge is 2.17. The number of aliphatic hydroxyl groups is 2. The molecule has 3 N–H and O–H groups in total. The molecule has 0 bridgehead atoms. The van der Waals surface area contributed by atoms with E-state index >= 15 is 0 Å². The second kappa shape index (κ2) is 29.4. The van der Waals surface area contributed by atoms with Crippen LogP contribution >= 0.6 is 0 Å². The van der Waals surface area contributed by atoms with Crippen molar-refractivity contribution in [2.24, 2.45) is 0 Å². The van der Waals surface area contributed by atoms with Crippen LogP contribution in [-0.4, -0.2) is 34.9 Å². The van der Waals surface area contributed by atoms with Crippen molar-refractivity contribution >= 4 is 5.91 Å². The van der Waals surface area contributed by atoms with Crippen molar-refractivity contribution in [1.82, 2.24) is 5.32 Å². The summed E-state index contributed by atoms with van der Waals surface area (Å²) in [6.07, 6.45) is 35.6. The molecule has 2 unspecified atom stereocenters. The minimum atomic E-state index is -0.853. The number of hydrogen-bond donors (Lipinski definition) is 3. The number of amides is 1. The number of rotatable bonds is 28. The van der Waals surface area contributed by atoms with Gasteiger partial charge in [0.05, 0.1) is 18.8 Å². The number of aliphatic hydroxyl groups excluding tert-OH is 2. The Morgan fingerprint density at radius 1 is 0.622 bits per heavy atom. The summed E-state index contributed by atoms with van der Waals surface area (Å²) in [5.41, 5.74) is 0. The Morgan fingerprint density at radius 2 is 1.05 bits per heavy atom. The van der Waals surface area contributed by atoms with E-state index in [0.717, 1.165) is 38.5 Å². The predicted molar refractivity (Wildman–Crippen MR) is 161 cm³/mol. The monoisotopic (exact) mass is 521 g/mol. The third-order valence-electron chi connectivity index (χ3n) is 7.17. The van der Waals surface area contributed by atoms with E-state index in [0.29, 0.717) is 6.42 Å². The van der Waals surface area contributed by atoms with Crippen LogP contribution in [-0.2, 0) is 4.79 Å². The molecule has 2 atom stereocenters. The number of carbonyl (C=O) groups is 1. The molecule has 0 spiro atoms. The summed E-state index contributed by atoms with van der Waals surface area (Å²) in [6.45, 7) is 4.18. The Bertz CT molecular complexity index is 532. The Kier molecular flexibility index (Phi) is 28.5. The maximum absolute atomic E-state index is 12.2. The number of unbranched alkanes of at least 4 members (excludes halogenated alkanes) is 19. The Hall–Kier alpha value is -1.13. The molecule has 0 aromatic carbocycles. The minimum Gasteiger partial charge on any atom is -0.394 e. The summed E-state index contributed by atoms with van der Waals surface area (Å²) >= 11 is 0. The fraction of sp³-hybridized carbons (Fsp3) is 0.848. The van der Waals surface area contributed by atoms with Gasteiger partial charge < -0.3 is 15.5 Å². The van der Waals surface area contributed by atoms with Crippen molar-refractivity contribution in [3.63, 3.8) is 0 Å². The van der Waals surface area contributed by atoms with Crippen molar-refractivity contribution in [3.8, 4) is 0 Å². The summed E-state index contributed by atoms with van der Waals surface area (Å²) in [4.78, 5) is 12.2. The predicted octanol–water partition coefficient (Wildman–Crippen LogP) is 8.95. The highest BCUT2D eigenvalue weighted by atomic mass is 16.3. The van der Waals surface area contributed by atoms with Gasteiger partial charge in [-0.3, -0.25) is 4.79 Å². The fourth-order valence-corrected chi connectivity index (χ4v) is 4.67. The summed E-state index contributed by atoms with van der Waals surface area (Å²) < 4.78 is 0. The molecule has 0 rings (SSSR count). The van der Waals surface area contributed by atoms with Gasteiger partial charge in [0.25, 0.3) is 0 Å². The van der Waals surface area contributed by atoms with Gasteiger partial charge in [0.15, 0.2) is 0 Å². The van der Waals surface area contributed by atoms with E-state index in [1.165, 1.54) is 103 Å². The van der Waals surface area contributed by atoms with Crippen LogP contribution in [0.15, 0.2) is 24.3 Å². The third kappa shape index (κ3) is 26.3. The van der Waals surface area contributed by atoms with Crippen molar-refractivity contribution in [1.29, 1.82) is 0 Å². The van der Waals surface area contributed by atoms with Gasteiger partial charge in [0.1, 0.15) is 0 Å². The van der Waals surface area contributed by atoms with Gasteiger partial charge in [-0.05, 0) is 25.7 Å². The van der Waals surface area contributed by atoms with E-state index in [1.54, 1.807) is 6.08 Å². The van der Waals surface area contributed by atoms with Crippen LogP contribution in [0, 0.1) is 0 Å². The molecule has 0 radical (unpaired) electrons. The van der Waals surface area contributed by atoms with Gasteiger partial charge in [-0.2, -0.15) is 0 Å². The molecule has 0 fully saturated rings. The number of carbonyl (C=O) groups excluding carboxylic acids is 1. The van der Waals surface area contributed by atoms with Gasteiger partial charge in [0, 0.05) is 6.42 Å². The van der Waals surface area contributed by atoms with E-state index in [-0.39, 0.29) is 12.5 Å². The molecule has 218 valence electrons. The summed E-state index contributed by atoms with van der Waals surface area (Å²) in [6, 6.07) is -0.630. The zero-order chi connectivity index (χ0) is 27.2. The van der Waals surface area contributed by atoms with E-state index < -0.39 is 12.1 Å². The molecule has 0 aromatic heterocycles. The second-order valence-corrected chi connectivity index (χ2v) is 10.9. The summed E-state index contributed by atoms with van der Waals surface area (Å²) in [7, 11) is 0. The Balaban J connectivity index is 3.55. The molecular formula is C33H63NO3. The van der Waals surface area contributed by atoms with Crippen molar-refractivity contribution in [3.05, 3.63) is 24.3 Å². The van der Waals surface area contributed by atoms with E-state index in [9.17, 15) is 15.0 Å². The quantitative estimate of drug-likeness (QED) is 0.0711. The molecule has 0 heterocycles. The molecule has 0 aliphatic heterocycles. The van der Waals surface area contributed by atoms with Gasteiger partial charge in [-0.1, -0.05) is 154 Å². The van der Waals surface area contributed by atoms with Gasteiger partial charge in [0.2, 0.25) is 5.91 Å². The first-order valence-electron chi connectivity index (χ1n) is 16.1. The lowest BCUT2D eigenvalue weighted by Gasteiger charge is -2.19. The molecule has 37 heavy (non-hydrogen) atoms. The van der Waals surface area contributed by atoms with Crippen LogP contribution in [0.4, 0.5) is 0 Å². The molecule has 1 amide bonds. The molecule has 0 aliphatic carbocycles. The summed E-state index contributed by atoms with van der Waals surface area (Å²) in [5.74, 6) is -0.0782. The number of nitrogens with one attached hydrogen (secondary N) is 1. The molecule has 0 saturated carbocycles. The normalized spacial score (nSPS) is 13.5. The maximum atomic E-state index is 12.2. The lowest BCUT2D eigenvalue weighted by atomic mass is 10.0. The summed E-state index contributed by atoms with van der Waals surface area (Å²) in [5, 5.41) is 22.6. The largest absolute Gasteiger partial charge is 0.394 e. The molecular weight excluding hydrogens is 458 g/mol. The zero-order valence-electron chi connectivity index (χ0n) is 24.7. The van der Waals surface area contributed by atoms with E-state index in [2.05, 4.69) is 31.3 Å². The van der Waals surface area contributed by atoms with Gasteiger partial charge in [-0.25, -0.2) is 0 Å². The first kappa shape index (κ1) is 35.9. The van der Waals surface area contributed by atoms with Crippen LogP contribution in [0.2, 0.25) is 0 Å². The molecule has 4 heteroatoms. The second-order valence-electron chi connectivity index (χ2n) is 10.9. The highest BCUT2D eigenvalue weighted by Crippen LogP contribution is 2.14. The van der Waals surface area contributed by atoms with Crippen LogP contribution in [0.1, 0.15) is 162 Å². The van der Waals surface area contributed by atoms with Gasteiger partial charge >= 0.3 is 0 Å². The first-order valence-corrected chi connectivity index (χ1v) is 16.1. The van der Waals surface area contributed by atoms with E-state index in [1.807, 2.05) is 6.08 Å². The third-order valence-corrected chi connectivity index (χ3v) is 7.17. The first-order chi connectivity index (χ1) is 18.2. The molecule has 4 nitrogen and oxygen atoms in total. The van der Waals surface area contributed by atoms with Crippen LogP contribution in [0.5, 0.6) is 0 Å². The lowest BCUT2D eigenvalue weighted by Crippen LogP contribution is -2.45. The van der Waals surface area contributed by atoms with Crippen LogP contribution in [0.3, 0.4) is 0 Å². The highest BCUT2D eigenvalue weighted by molar-refractivity contribution is 5.76. The van der Waals surface area contributed by atoms with E-state index in [4.69, 9.17) is 0 Å². The lowest BCUT2D eigenvalue weighted by molar-refractivity contribution is -0.123. The molecule has 0 aromatic rings. The van der Waals surface area contributed by atoms with Crippen molar-refractivity contribution in [2.75, 3.05) is 6.61 Å². The van der Waals surface area contributed by atoms with Crippen LogP contribution in [0.25, 0.3) is 0 Å². The maximum Gasteiger partial charge on any atom is 0.220 e. The molecule has 0 saturated heterocycles. The standard InChI is InChI=1S/C33H63NO3/c1-3-5-7-9-11-12-13-14-15-16-17-18-19-20-21-23-25-27-29-33(37)34-31(30-35)32(36)28-26-24-22-10-8-6-4-2/h8,10,26,28,31-32,35-36H,3-7,9,11-25,27,29-30H2,1-2H3,(H,34,37)/b10-8+,28-26+. The van der Waals surface area contributed by atoms with Crippen LogP contribution < -0.4 is 5.32 Å². The van der Waals surface area contributed by atoms with Gasteiger partial charge in [-0.15, -0.1) is 0 Å². The fourth-order valence-electron chi connectivity index (χ4n) is 4.67. The smallest absolute Gasteiger partial charge is 0.220 e. The topological polar surface area (TPSA) is 69.6 Å². The number of hydrogen-bond acceptors (Lipinski definition) is 3. The Morgan fingerprint density at radius 3 is 1.51 bits per heavy atom. The zero-order valence-corrected chi connectivity index (χ0v) is 24.7. The van der Waals surface area contributed by atoms with Crippen molar-refractivity contribution in [2.45, 2.75) is 174 Å². The Labute approximate surface area is 230 Å². The molecule has 0 aliphatic rings. The minimum absolute atomic E-state index is 0.0782.